The molecule has 2 rings (SSSR count). The fourth-order valence-electron chi connectivity index (χ4n) is 2.70. The van der Waals surface area contributed by atoms with E-state index in [4.69, 9.17) is 0 Å². The quantitative estimate of drug-likeness (QED) is 0.824. The van der Waals surface area contributed by atoms with E-state index in [1.165, 1.54) is 17.3 Å². The Hall–Kier alpha value is -2.44. The lowest BCUT2D eigenvalue weighted by atomic mass is 9.88. The number of nitrogens with zero attached hydrogens (tertiary/aromatic N) is 3. The molecular weight excluding hydrogens is 326 g/mol. The number of aromatic nitrogens is 2. The van der Waals surface area contributed by atoms with Crippen molar-refractivity contribution in [3.8, 4) is 0 Å². The highest BCUT2D eigenvalue weighted by Gasteiger charge is 2.19. The number of carbonyl (C=O) groups is 1. The van der Waals surface area contributed by atoms with Crippen molar-refractivity contribution in [1.29, 1.82) is 0 Å². The van der Waals surface area contributed by atoms with E-state index in [1.54, 1.807) is 7.05 Å². The molecule has 0 saturated carbocycles. The van der Waals surface area contributed by atoms with Crippen molar-refractivity contribution in [3.63, 3.8) is 0 Å². The van der Waals surface area contributed by atoms with Crippen LogP contribution in [0.4, 0.5) is 13.6 Å². The van der Waals surface area contributed by atoms with Crippen LogP contribution >= 0.6 is 0 Å². The summed E-state index contributed by atoms with van der Waals surface area (Å²) in [5.41, 5.74) is 1.16. The fraction of sp³-hybridized carbons (Fsp3) is 0.444. The number of urea groups is 1. The molecule has 25 heavy (non-hydrogen) atoms. The van der Waals surface area contributed by atoms with E-state index < -0.39 is 6.55 Å². The smallest absolute Gasteiger partial charge is 0.319 e. The largest absolute Gasteiger partial charge is 0.337 e. The normalized spacial score (nSPS) is 12.4. The van der Waals surface area contributed by atoms with Crippen LogP contribution < -0.4 is 5.32 Å². The number of alkyl halides is 2. The summed E-state index contributed by atoms with van der Waals surface area (Å²) in [6, 6.07) is 9.68. The first-order chi connectivity index (χ1) is 11.9. The summed E-state index contributed by atoms with van der Waals surface area (Å²) in [4.78, 5) is 17.5. The average Bonchev–Trinajstić information content (AvgIpc) is 3.04. The van der Waals surface area contributed by atoms with E-state index in [2.05, 4.69) is 24.1 Å². The van der Waals surface area contributed by atoms with E-state index in [0.29, 0.717) is 12.5 Å². The number of benzene rings is 1. The minimum Gasteiger partial charge on any atom is -0.337 e. The minimum absolute atomic E-state index is 0.0147. The molecule has 0 fully saturated rings. The predicted molar refractivity (Wildman–Crippen MR) is 92.4 cm³/mol. The van der Waals surface area contributed by atoms with Crippen molar-refractivity contribution in [2.24, 2.45) is 5.92 Å². The van der Waals surface area contributed by atoms with Gasteiger partial charge in [-0.25, -0.2) is 9.78 Å². The summed E-state index contributed by atoms with van der Waals surface area (Å²) in [6.45, 7) is 2.03. The molecule has 0 aliphatic heterocycles. The van der Waals surface area contributed by atoms with Crippen LogP contribution in [0, 0.1) is 5.92 Å². The van der Waals surface area contributed by atoms with Crippen molar-refractivity contribution < 1.29 is 13.6 Å². The van der Waals surface area contributed by atoms with Gasteiger partial charge in [0.05, 0.1) is 6.54 Å². The van der Waals surface area contributed by atoms with Gasteiger partial charge in [-0.15, -0.1) is 0 Å². The van der Waals surface area contributed by atoms with Gasteiger partial charge in [0.1, 0.15) is 5.82 Å². The number of carbonyl (C=O) groups excluding carboxylic acids is 1. The van der Waals surface area contributed by atoms with E-state index in [0.717, 1.165) is 10.1 Å². The molecule has 1 aromatic carbocycles. The molecule has 1 aromatic heterocycles. The maximum absolute atomic E-state index is 12.8. The summed E-state index contributed by atoms with van der Waals surface area (Å²) >= 11 is 0. The van der Waals surface area contributed by atoms with Gasteiger partial charge in [0.15, 0.2) is 0 Å². The van der Waals surface area contributed by atoms with Crippen molar-refractivity contribution in [2.75, 3.05) is 13.6 Å². The van der Waals surface area contributed by atoms with Crippen molar-refractivity contribution in [1.82, 2.24) is 19.8 Å². The number of hydrogen-bond acceptors (Lipinski definition) is 2. The van der Waals surface area contributed by atoms with E-state index in [9.17, 15) is 13.6 Å². The van der Waals surface area contributed by atoms with Crippen molar-refractivity contribution in [2.45, 2.75) is 32.9 Å². The summed E-state index contributed by atoms with van der Waals surface area (Å²) in [5.74, 6) is 0.684. The third-order valence-electron chi connectivity index (χ3n) is 4.19. The number of halogens is 2. The maximum atomic E-state index is 12.8. The summed E-state index contributed by atoms with van der Waals surface area (Å²) < 4.78 is 26.4. The van der Waals surface area contributed by atoms with Crippen LogP contribution in [0.1, 0.15) is 37.7 Å². The topological polar surface area (TPSA) is 50.2 Å². The first-order valence-electron chi connectivity index (χ1n) is 8.24. The molecule has 0 aliphatic rings. The van der Waals surface area contributed by atoms with Gasteiger partial charge in [-0.2, -0.15) is 8.78 Å². The molecule has 7 heteroatoms. The zero-order valence-corrected chi connectivity index (χ0v) is 14.7. The predicted octanol–water partition coefficient (Wildman–Crippen LogP) is 3.86. The first-order valence-corrected chi connectivity index (χ1v) is 8.24. The molecule has 0 aliphatic carbocycles. The zero-order valence-electron chi connectivity index (χ0n) is 14.7. The SMILES string of the molecule is CC(C)C(CNC(=O)N(C)Cc1nccn1C(F)F)c1ccccc1. The summed E-state index contributed by atoms with van der Waals surface area (Å²) in [6.07, 6.45) is 2.51. The lowest BCUT2D eigenvalue weighted by Crippen LogP contribution is -2.40. The molecule has 1 heterocycles. The van der Waals surface area contributed by atoms with Crippen LogP contribution in [0.25, 0.3) is 0 Å². The standard InChI is InChI=1S/C18H24F2N4O/c1-13(2)15(14-7-5-4-6-8-14)11-22-18(25)23(3)12-16-21-9-10-24(16)17(19)20/h4-10,13,15,17H,11-12H2,1-3H3,(H,22,25). The third-order valence-corrected chi connectivity index (χ3v) is 4.19. The Morgan fingerprint density at radius 1 is 1.28 bits per heavy atom. The minimum atomic E-state index is -2.67. The monoisotopic (exact) mass is 350 g/mol. The molecule has 2 aromatic rings. The van der Waals surface area contributed by atoms with Crippen LogP contribution in [-0.2, 0) is 6.54 Å². The Balaban J connectivity index is 1.95. The van der Waals surface area contributed by atoms with Crippen LogP contribution in [0.5, 0.6) is 0 Å². The molecular formula is C18H24F2N4O. The fourth-order valence-corrected chi connectivity index (χ4v) is 2.70. The second kappa shape index (κ2) is 8.60. The van der Waals surface area contributed by atoms with Gasteiger partial charge in [0.2, 0.25) is 0 Å². The van der Waals surface area contributed by atoms with E-state index in [-0.39, 0.29) is 24.3 Å². The van der Waals surface area contributed by atoms with Gasteiger partial charge in [-0.1, -0.05) is 44.2 Å². The van der Waals surface area contributed by atoms with Crippen LogP contribution in [-0.4, -0.2) is 34.1 Å². The lowest BCUT2D eigenvalue weighted by Gasteiger charge is -2.24. The molecule has 0 radical (unpaired) electrons. The van der Waals surface area contributed by atoms with Gasteiger partial charge >= 0.3 is 12.6 Å². The Kier molecular flexibility index (Phi) is 6.50. The molecule has 5 nitrogen and oxygen atoms in total. The molecule has 2 amide bonds. The molecule has 0 bridgehead atoms. The van der Waals surface area contributed by atoms with E-state index >= 15 is 0 Å². The molecule has 0 saturated heterocycles. The molecule has 136 valence electrons. The van der Waals surface area contributed by atoms with Gasteiger partial charge in [-0.3, -0.25) is 4.57 Å². The van der Waals surface area contributed by atoms with Gasteiger partial charge in [0, 0.05) is 31.9 Å². The summed E-state index contributed by atoms with van der Waals surface area (Å²) in [5, 5.41) is 2.89. The lowest BCUT2D eigenvalue weighted by molar-refractivity contribution is 0.0651. The van der Waals surface area contributed by atoms with Crippen LogP contribution in [0.2, 0.25) is 0 Å². The highest BCUT2D eigenvalue weighted by atomic mass is 19.3. The van der Waals surface area contributed by atoms with E-state index in [1.807, 2.05) is 30.3 Å². The highest BCUT2D eigenvalue weighted by Crippen LogP contribution is 2.23. The Morgan fingerprint density at radius 2 is 1.96 bits per heavy atom. The molecule has 1 unspecified atom stereocenters. The van der Waals surface area contributed by atoms with Crippen molar-refractivity contribution >= 4 is 6.03 Å². The third kappa shape index (κ3) is 5.01. The average molecular weight is 350 g/mol. The Morgan fingerprint density at radius 3 is 2.56 bits per heavy atom. The van der Waals surface area contributed by atoms with Crippen LogP contribution in [0.15, 0.2) is 42.7 Å². The Labute approximate surface area is 146 Å². The molecule has 1 N–H and O–H groups in total. The highest BCUT2D eigenvalue weighted by molar-refractivity contribution is 5.73. The summed E-state index contributed by atoms with van der Waals surface area (Å²) in [7, 11) is 1.56. The zero-order chi connectivity index (χ0) is 18.4. The van der Waals surface area contributed by atoms with Gasteiger partial charge in [-0.05, 0) is 11.5 Å². The number of imidazole rings is 1. The van der Waals surface area contributed by atoms with Gasteiger partial charge in [0.25, 0.3) is 0 Å². The van der Waals surface area contributed by atoms with Gasteiger partial charge < -0.3 is 10.2 Å². The number of nitrogens with one attached hydrogen (secondary N) is 1. The second-order valence-corrected chi connectivity index (χ2v) is 6.33. The second-order valence-electron chi connectivity index (χ2n) is 6.33. The maximum Gasteiger partial charge on any atom is 0.319 e. The first kappa shape index (κ1) is 18.9. The molecule has 0 spiro atoms. The molecule has 1 atom stereocenters. The number of rotatable bonds is 7. The van der Waals surface area contributed by atoms with Crippen LogP contribution in [0.3, 0.4) is 0 Å². The number of hydrogen-bond donors (Lipinski definition) is 1. The number of amides is 2. The van der Waals surface area contributed by atoms with Crippen molar-refractivity contribution in [3.05, 3.63) is 54.1 Å². The Bertz CT molecular complexity index is 673.